The lowest BCUT2D eigenvalue weighted by Gasteiger charge is -2.26. The number of rotatable bonds is 3. The molecule has 17 heavy (non-hydrogen) atoms. The highest BCUT2D eigenvalue weighted by Gasteiger charge is 2.19. The Hall–Kier alpha value is -0.120. The van der Waals surface area contributed by atoms with Crippen LogP contribution in [0.15, 0.2) is 22.7 Å². The van der Waals surface area contributed by atoms with Crippen LogP contribution >= 0.6 is 27.5 Å². The maximum Gasteiger partial charge on any atom is 0.137 e. The summed E-state index contributed by atoms with van der Waals surface area (Å²) in [4.78, 5) is 0. The molecule has 1 N–H and O–H groups in total. The van der Waals surface area contributed by atoms with Crippen molar-refractivity contribution in [3.8, 4) is 0 Å². The van der Waals surface area contributed by atoms with Gasteiger partial charge in [-0.15, -0.1) is 11.6 Å². The summed E-state index contributed by atoms with van der Waals surface area (Å²) in [6.07, 6.45) is 4.37. The van der Waals surface area contributed by atoms with Gasteiger partial charge in [-0.05, 0) is 53.2 Å². The number of nitrogens with one attached hydrogen (secondary N) is 1. The highest BCUT2D eigenvalue weighted by Crippen LogP contribution is 2.24. The molecule has 0 unspecified atom stereocenters. The van der Waals surface area contributed by atoms with E-state index in [9.17, 15) is 4.39 Å². The summed E-state index contributed by atoms with van der Waals surface area (Å²) in [7, 11) is 0. The van der Waals surface area contributed by atoms with E-state index in [-0.39, 0.29) is 5.82 Å². The fourth-order valence-electron chi connectivity index (χ4n) is 2.20. The van der Waals surface area contributed by atoms with Crippen LogP contribution < -0.4 is 5.32 Å². The Morgan fingerprint density at radius 3 is 2.71 bits per heavy atom. The van der Waals surface area contributed by atoms with Crippen molar-refractivity contribution in [2.75, 3.05) is 0 Å². The number of hydrogen-bond donors (Lipinski definition) is 1. The van der Waals surface area contributed by atoms with Crippen LogP contribution in [0.3, 0.4) is 0 Å². The normalized spacial score (nSPS) is 24.9. The van der Waals surface area contributed by atoms with Gasteiger partial charge in [0.1, 0.15) is 5.82 Å². The van der Waals surface area contributed by atoms with E-state index in [0.29, 0.717) is 22.4 Å². The first-order chi connectivity index (χ1) is 8.16. The first-order valence-electron chi connectivity index (χ1n) is 5.97. The second-order valence-electron chi connectivity index (χ2n) is 4.54. The molecule has 1 aromatic rings. The third-order valence-corrected chi connectivity index (χ3v) is 4.59. The van der Waals surface area contributed by atoms with Crippen molar-refractivity contribution in [2.24, 2.45) is 0 Å². The molecular weight excluding hydrogens is 305 g/mol. The van der Waals surface area contributed by atoms with Gasteiger partial charge in [0.15, 0.2) is 0 Å². The molecule has 1 aliphatic rings. The van der Waals surface area contributed by atoms with Crippen LogP contribution in [0.25, 0.3) is 0 Å². The van der Waals surface area contributed by atoms with Crippen molar-refractivity contribution in [2.45, 2.75) is 43.6 Å². The maximum atomic E-state index is 13.3. The van der Waals surface area contributed by atoms with Crippen LogP contribution in [0.2, 0.25) is 0 Å². The first kappa shape index (κ1) is 13.3. The average Bonchev–Trinajstić information content (AvgIpc) is 2.33. The lowest BCUT2D eigenvalue weighted by atomic mass is 9.95. The molecule has 0 heterocycles. The van der Waals surface area contributed by atoms with E-state index in [2.05, 4.69) is 21.2 Å². The molecule has 1 aliphatic carbocycles. The molecule has 1 aromatic carbocycles. The molecule has 0 saturated heterocycles. The van der Waals surface area contributed by atoms with E-state index in [4.69, 9.17) is 11.6 Å². The zero-order valence-electron chi connectivity index (χ0n) is 9.56. The zero-order valence-corrected chi connectivity index (χ0v) is 11.9. The predicted molar refractivity (Wildman–Crippen MR) is 72.8 cm³/mol. The molecule has 2 rings (SSSR count). The summed E-state index contributed by atoms with van der Waals surface area (Å²) in [5.41, 5.74) is 0.970. The summed E-state index contributed by atoms with van der Waals surface area (Å²) < 4.78 is 13.9. The monoisotopic (exact) mass is 319 g/mol. The molecule has 0 spiro atoms. The van der Waals surface area contributed by atoms with Crippen molar-refractivity contribution >= 4 is 27.5 Å². The van der Waals surface area contributed by atoms with Crippen LogP contribution in [-0.2, 0) is 6.54 Å². The molecule has 0 aliphatic heterocycles. The molecule has 4 heteroatoms. The molecular formula is C13H16BrClFN. The van der Waals surface area contributed by atoms with Crippen molar-refractivity contribution in [3.63, 3.8) is 0 Å². The van der Waals surface area contributed by atoms with Crippen molar-refractivity contribution in [1.82, 2.24) is 5.32 Å². The van der Waals surface area contributed by atoms with Crippen LogP contribution in [0, 0.1) is 5.82 Å². The van der Waals surface area contributed by atoms with E-state index < -0.39 is 0 Å². The van der Waals surface area contributed by atoms with Gasteiger partial charge in [0, 0.05) is 18.0 Å². The Labute approximate surface area is 115 Å². The standard InChI is InChI=1S/C13H16BrClFN/c14-13-9(2-1-3-12(13)16)8-17-11-6-4-10(15)5-7-11/h1-3,10-11,17H,4-8H2. The Morgan fingerprint density at radius 1 is 1.29 bits per heavy atom. The number of alkyl halides is 1. The number of halogens is 3. The Balaban J connectivity index is 1.87. The zero-order chi connectivity index (χ0) is 12.3. The van der Waals surface area contributed by atoms with Crippen molar-refractivity contribution in [1.29, 1.82) is 0 Å². The molecule has 1 nitrogen and oxygen atoms in total. The van der Waals surface area contributed by atoms with Gasteiger partial charge in [-0.25, -0.2) is 4.39 Å². The summed E-state index contributed by atoms with van der Waals surface area (Å²) in [6, 6.07) is 5.66. The van der Waals surface area contributed by atoms with E-state index in [1.807, 2.05) is 6.07 Å². The molecule has 0 amide bonds. The van der Waals surface area contributed by atoms with Crippen molar-refractivity contribution < 1.29 is 4.39 Å². The van der Waals surface area contributed by atoms with E-state index in [1.54, 1.807) is 6.07 Å². The van der Waals surface area contributed by atoms with Crippen LogP contribution in [0.5, 0.6) is 0 Å². The molecule has 0 bridgehead atoms. The van der Waals surface area contributed by atoms with Gasteiger partial charge in [0.25, 0.3) is 0 Å². The molecule has 0 aromatic heterocycles. The minimum absolute atomic E-state index is 0.200. The molecule has 1 saturated carbocycles. The Bertz CT molecular complexity index is 378. The third kappa shape index (κ3) is 3.67. The van der Waals surface area contributed by atoms with Gasteiger partial charge in [0.2, 0.25) is 0 Å². The highest BCUT2D eigenvalue weighted by atomic mass is 79.9. The summed E-state index contributed by atoms with van der Waals surface area (Å²) in [6.45, 7) is 0.704. The quantitative estimate of drug-likeness (QED) is 0.822. The summed E-state index contributed by atoms with van der Waals surface area (Å²) in [5, 5.41) is 3.81. The van der Waals surface area contributed by atoms with Gasteiger partial charge in [0.05, 0.1) is 4.47 Å². The van der Waals surface area contributed by atoms with Gasteiger partial charge in [-0.1, -0.05) is 12.1 Å². The fourth-order valence-corrected chi connectivity index (χ4v) is 2.85. The summed E-state index contributed by atoms with van der Waals surface area (Å²) in [5.74, 6) is -0.200. The minimum atomic E-state index is -0.200. The lowest BCUT2D eigenvalue weighted by Crippen LogP contribution is -2.33. The third-order valence-electron chi connectivity index (χ3n) is 3.27. The van der Waals surface area contributed by atoms with Gasteiger partial charge in [-0.3, -0.25) is 0 Å². The predicted octanol–water partition coefficient (Wildman–Crippen LogP) is 4.23. The van der Waals surface area contributed by atoms with Gasteiger partial charge >= 0.3 is 0 Å². The first-order valence-corrected chi connectivity index (χ1v) is 7.20. The average molecular weight is 321 g/mol. The van der Waals surface area contributed by atoms with E-state index in [1.165, 1.54) is 6.07 Å². The second-order valence-corrected chi connectivity index (χ2v) is 5.95. The van der Waals surface area contributed by atoms with Crippen LogP contribution in [0.4, 0.5) is 4.39 Å². The van der Waals surface area contributed by atoms with Gasteiger partial charge < -0.3 is 5.32 Å². The number of hydrogen-bond acceptors (Lipinski definition) is 1. The molecule has 1 fully saturated rings. The highest BCUT2D eigenvalue weighted by molar-refractivity contribution is 9.10. The smallest absolute Gasteiger partial charge is 0.137 e. The Kier molecular flexibility index (Phi) is 4.83. The topological polar surface area (TPSA) is 12.0 Å². The van der Waals surface area contributed by atoms with Gasteiger partial charge in [-0.2, -0.15) is 0 Å². The van der Waals surface area contributed by atoms with E-state index >= 15 is 0 Å². The SMILES string of the molecule is Fc1cccc(CNC2CCC(Cl)CC2)c1Br. The number of benzene rings is 1. The van der Waals surface area contributed by atoms with Crippen LogP contribution in [0.1, 0.15) is 31.2 Å². The second kappa shape index (κ2) is 6.17. The molecule has 94 valence electrons. The maximum absolute atomic E-state index is 13.3. The molecule has 0 radical (unpaired) electrons. The largest absolute Gasteiger partial charge is 0.310 e. The van der Waals surface area contributed by atoms with E-state index in [0.717, 1.165) is 31.2 Å². The fraction of sp³-hybridized carbons (Fsp3) is 0.538. The Morgan fingerprint density at radius 2 is 2.00 bits per heavy atom. The molecule has 0 atom stereocenters. The van der Waals surface area contributed by atoms with Crippen molar-refractivity contribution in [3.05, 3.63) is 34.1 Å². The summed E-state index contributed by atoms with van der Waals surface area (Å²) >= 11 is 9.34. The minimum Gasteiger partial charge on any atom is -0.310 e. The van der Waals surface area contributed by atoms with Crippen LogP contribution in [-0.4, -0.2) is 11.4 Å². The lowest BCUT2D eigenvalue weighted by molar-refractivity contribution is 0.375.